The molecule has 6 nitrogen and oxygen atoms in total. The van der Waals surface area contributed by atoms with Gasteiger partial charge >= 0.3 is 5.97 Å². The van der Waals surface area contributed by atoms with Crippen LogP contribution in [0.25, 0.3) is 6.08 Å². The van der Waals surface area contributed by atoms with Crippen molar-refractivity contribution in [2.45, 2.75) is 26.0 Å². The predicted molar refractivity (Wildman–Crippen MR) is 164 cm³/mol. The van der Waals surface area contributed by atoms with E-state index in [0.717, 1.165) is 20.1 Å². The molecule has 1 aliphatic rings. The highest BCUT2D eigenvalue weighted by Gasteiger charge is 2.33. The molecule has 0 bridgehead atoms. The predicted octanol–water partition coefficient (Wildman–Crippen LogP) is 6.56. The van der Waals surface area contributed by atoms with E-state index >= 15 is 0 Å². The first-order valence-electron chi connectivity index (χ1n) is 12.3. The van der Waals surface area contributed by atoms with E-state index in [1.807, 2.05) is 73.7 Å². The summed E-state index contributed by atoms with van der Waals surface area (Å²) >= 11 is 14.6. The van der Waals surface area contributed by atoms with Crippen LogP contribution in [0.1, 0.15) is 36.1 Å². The first-order valence-corrected chi connectivity index (χ1v) is 15.1. The SMILES string of the molecule is CCC1=C(C(=O)OC)[C@@H](c2ccccc2)n2c(s/c(=C/c3cc(Br)cc(Br)c3OCc3cccc(Cl)c3)c2=O)=N1. The number of thiazole rings is 1. The van der Waals surface area contributed by atoms with Crippen molar-refractivity contribution < 1.29 is 14.3 Å². The molecule has 10 heteroatoms. The van der Waals surface area contributed by atoms with E-state index in [0.29, 0.717) is 50.0 Å². The molecule has 0 saturated heterocycles. The number of carbonyl (C=O) groups is 1. The van der Waals surface area contributed by atoms with Gasteiger partial charge in [0.15, 0.2) is 4.80 Å². The Bertz CT molecular complexity index is 1820. The van der Waals surface area contributed by atoms with Crippen molar-refractivity contribution in [2.24, 2.45) is 4.99 Å². The Morgan fingerprint density at radius 1 is 1.12 bits per heavy atom. The molecule has 5 rings (SSSR count). The van der Waals surface area contributed by atoms with Crippen LogP contribution >= 0.6 is 54.8 Å². The Kier molecular flexibility index (Phi) is 8.75. The largest absolute Gasteiger partial charge is 0.487 e. The zero-order chi connectivity index (χ0) is 28.4. The number of benzene rings is 3. The van der Waals surface area contributed by atoms with E-state index < -0.39 is 12.0 Å². The molecule has 204 valence electrons. The molecule has 4 aromatic rings. The van der Waals surface area contributed by atoms with Gasteiger partial charge in [0.2, 0.25) is 0 Å². The van der Waals surface area contributed by atoms with Crippen LogP contribution in [0.3, 0.4) is 0 Å². The van der Waals surface area contributed by atoms with Crippen LogP contribution in [0.5, 0.6) is 5.75 Å². The summed E-state index contributed by atoms with van der Waals surface area (Å²) in [6.07, 6.45) is 2.31. The minimum absolute atomic E-state index is 0.258. The fourth-order valence-electron chi connectivity index (χ4n) is 4.58. The van der Waals surface area contributed by atoms with E-state index in [9.17, 15) is 9.59 Å². The smallest absolute Gasteiger partial charge is 0.338 e. The van der Waals surface area contributed by atoms with Gasteiger partial charge in [-0.05, 0) is 63.8 Å². The van der Waals surface area contributed by atoms with E-state index in [4.69, 9.17) is 26.1 Å². The summed E-state index contributed by atoms with van der Waals surface area (Å²) in [6.45, 7) is 2.22. The van der Waals surface area contributed by atoms with Gasteiger partial charge in [-0.1, -0.05) is 88.3 Å². The fraction of sp³-hybridized carbons (Fsp3) is 0.167. The lowest BCUT2D eigenvalue weighted by atomic mass is 9.95. The highest BCUT2D eigenvalue weighted by molar-refractivity contribution is 9.11. The third kappa shape index (κ3) is 5.74. The van der Waals surface area contributed by atoms with Crippen molar-refractivity contribution in [3.63, 3.8) is 0 Å². The van der Waals surface area contributed by atoms with Crippen molar-refractivity contribution in [2.75, 3.05) is 7.11 Å². The number of halogens is 3. The zero-order valence-electron chi connectivity index (χ0n) is 21.5. The fourth-order valence-corrected chi connectivity index (χ4v) is 7.17. The molecule has 0 spiro atoms. The second-order valence-corrected chi connectivity index (χ2v) is 12.1. The number of rotatable bonds is 7. The zero-order valence-corrected chi connectivity index (χ0v) is 26.2. The lowest BCUT2D eigenvalue weighted by Crippen LogP contribution is -2.40. The maximum Gasteiger partial charge on any atom is 0.338 e. The third-order valence-electron chi connectivity index (χ3n) is 6.36. The van der Waals surface area contributed by atoms with Gasteiger partial charge in [0.25, 0.3) is 5.56 Å². The summed E-state index contributed by atoms with van der Waals surface area (Å²) in [5, 5.41) is 0.628. The molecule has 0 saturated carbocycles. The van der Waals surface area contributed by atoms with Crippen LogP contribution in [0, 0.1) is 0 Å². The van der Waals surface area contributed by atoms with Gasteiger partial charge in [-0.2, -0.15) is 0 Å². The van der Waals surface area contributed by atoms with Crippen LogP contribution in [0.2, 0.25) is 5.02 Å². The van der Waals surface area contributed by atoms with E-state index in [1.165, 1.54) is 18.4 Å². The summed E-state index contributed by atoms with van der Waals surface area (Å²) in [5.41, 5.74) is 3.12. The van der Waals surface area contributed by atoms with Crippen molar-refractivity contribution >= 4 is 66.8 Å². The number of allylic oxidation sites excluding steroid dienone is 1. The monoisotopic (exact) mass is 700 g/mol. The van der Waals surface area contributed by atoms with Gasteiger partial charge in [0.05, 0.1) is 33.4 Å². The first-order chi connectivity index (χ1) is 19.3. The summed E-state index contributed by atoms with van der Waals surface area (Å²) in [5.74, 6) is 0.0782. The van der Waals surface area contributed by atoms with Gasteiger partial charge < -0.3 is 9.47 Å². The summed E-state index contributed by atoms with van der Waals surface area (Å²) in [4.78, 5) is 32.2. The second kappa shape index (κ2) is 12.3. The molecular weight excluding hydrogens is 680 g/mol. The summed E-state index contributed by atoms with van der Waals surface area (Å²) in [6, 6.07) is 20.0. The average Bonchev–Trinajstić information content (AvgIpc) is 3.25. The number of carbonyl (C=O) groups excluding carboxylic acids is 1. The van der Waals surface area contributed by atoms with Crippen LogP contribution in [0.15, 0.2) is 96.7 Å². The third-order valence-corrected chi connectivity index (χ3v) is 8.63. The highest BCUT2D eigenvalue weighted by atomic mass is 79.9. The van der Waals surface area contributed by atoms with E-state index in [1.54, 1.807) is 10.6 Å². The number of hydrogen-bond acceptors (Lipinski definition) is 6. The molecule has 40 heavy (non-hydrogen) atoms. The number of esters is 1. The molecule has 1 atom stereocenters. The van der Waals surface area contributed by atoms with Crippen LogP contribution in [-0.4, -0.2) is 17.6 Å². The number of hydrogen-bond donors (Lipinski definition) is 0. The number of fused-ring (bicyclic) bond motifs is 1. The van der Waals surface area contributed by atoms with Gasteiger partial charge in [0, 0.05) is 15.1 Å². The van der Waals surface area contributed by atoms with Gasteiger partial charge in [0.1, 0.15) is 12.4 Å². The molecule has 2 heterocycles. The minimum atomic E-state index is -0.658. The summed E-state index contributed by atoms with van der Waals surface area (Å²) < 4.78 is 14.9. The van der Waals surface area contributed by atoms with Crippen molar-refractivity contribution in [1.82, 2.24) is 4.57 Å². The number of aromatic nitrogens is 1. The number of nitrogens with zero attached hydrogens (tertiary/aromatic N) is 2. The topological polar surface area (TPSA) is 69.9 Å². The van der Waals surface area contributed by atoms with Crippen LogP contribution in [0.4, 0.5) is 0 Å². The number of methoxy groups -OCH3 is 1. The average molecular weight is 703 g/mol. The molecule has 0 N–H and O–H groups in total. The lowest BCUT2D eigenvalue weighted by molar-refractivity contribution is -0.136. The first kappa shape index (κ1) is 28.5. The van der Waals surface area contributed by atoms with Crippen molar-refractivity contribution in [3.05, 3.63) is 128 Å². The molecular formula is C30H23Br2ClN2O4S. The summed E-state index contributed by atoms with van der Waals surface area (Å²) in [7, 11) is 1.34. The maximum absolute atomic E-state index is 14.0. The molecule has 0 amide bonds. The molecule has 3 aromatic carbocycles. The van der Waals surface area contributed by atoms with E-state index in [-0.39, 0.29) is 5.56 Å². The Morgan fingerprint density at radius 3 is 2.60 bits per heavy atom. The molecule has 1 aliphatic heterocycles. The van der Waals surface area contributed by atoms with Crippen molar-refractivity contribution in [3.8, 4) is 5.75 Å². The molecule has 1 aromatic heterocycles. The van der Waals surface area contributed by atoms with Crippen LogP contribution in [-0.2, 0) is 16.1 Å². The Labute approximate surface area is 256 Å². The second-order valence-electron chi connectivity index (χ2n) is 8.92. The van der Waals surface area contributed by atoms with Crippen molar-refractivity contribution in [1.29, 1.82) is 0 Å². The molecule has 0 radical (unpaired) electrons. The van der Waals surface area contributed by atoms with Crippen LogP contribution < -0.4 is 19.6 Å². The Balaban J connectivity index is 1.66. The Hall–Kier alpha value is -2.98. The molecule has 0 aliphatic carbocycles. The molecule has 0 fully saturated rings. The highest BCUT2D eigenvalue weighted by Crippen LogP contribution is 2.35. The minimum Gasteiger partial charge on any atom is -0.487 e. The van der Waals surface area contributed by atoms with Gasteiger partial charge in [-0.3, -0.25) is 9.36 Å². The molecule has 0 unspecified atom stereocenters. The quantitative estimate of drug-likeness (QED) is 0.205. The van der Waals surface area contributed by atoms with Gasteiger partial charge in [-0.25, -0.2) is 9.79 Å². The Morgan fingerprint density at radius 2 is 1.90 bits per heavy atom. The number of ether oxygens (including phenoxy) is 2. The van der Waals surface area contributed by atoms with Gasteiger partial charge in [-0.15, -0.1) is 0 Å². The maximum atomic E-state index is 14.0. The lowest BCUT2D eigenvalue weighted by Gasteiger charge is -2.25. The standard InChI is InChI=1S/C30H23Br2ClN2O4S/c1-3-23-25(29(37)38-2)26(18-9-5-4-6-10-18)35-28(36)24(40-30(35)34-23)14-19-13-20(31)15-22(32)27(19)39-16-17-8-7-11-21(33)12-17/h4-15,26H,3,16H2,1-2H3/b24-14+/t26-/m1/s1. The van der Waals surface area contributed by atoms with E-state index in [2.05, 4.69) is 31.9 Å². The normalized spacial score (nSPS) is 15.0.